The van der Waals surface area contributed by atoms with Crippen molar-refractivity contribution in [2.75, 3.05) is 26.3 Å². The van der Waals surface area contributed by atoms with Gasteiger partial charge in [0.1, 0.15) is 11.9 Å². The molecule has 2 rings (SSSR count). The Morgan fingerprint density at radius 2 is 2.43 bits per heavy atom. The lowest BCUT2D eigenvalue weighted by Crippen LogP contribution is -2.47. The lowest BCUT2D eigenvalue weighted by molar-refractivity contribution is -0.134. The maximum absolute atomic E-state index is 12.0. The summed E-state index contributed by atoms with van der Waals surface area (Å²) in [6.07, 6.45) is 1.78. The van der Waals surface area contributed by atoms with Crippen LogP contribution < -0.4 is 15.4 Å². The minimum Gasteiger partial charge on any atom is -0.494 e. The number of unbranched alkanes of at least 4 members (excludes halogenated alkanes) is 1. The number of hydrogen-bond donors (Lipinski definition) is 2. The number of morpholine rings is 1. The van der Waals surface area contributed by atoms with Crippen LogP contribution in [0.25, 0.3) is 0 Å². The first-order valence-corrected chi connectivity index (χ1v) is 7.61. The van der Waals surface area contributed by atoms with Crippen LogP contribution in [-0.4, -0.2) is 38.3 Å². The molecule has 1 saturated heterocycles. The number of hydrogen-bond acceptors (Lipinski definition) is 4. The molecule has 21 heavy (non-hydrogen) atoms. The molecule has 1 amide bonds. The van der Waals surface area contributed by atoms with Gasteiger partial charge in [-0.3, -0.25) is 4.79 Å². The largest absolute Gasteiger partial charge is 0.494 e. The Labute approximate surface area is 126 Å². The molecule has 0 saturated carbocycles. The van der Waals surface area contributed by atoms with Crippen LogP contribution in [0.15, 0.2) is 24.3 Å². The average Bonchev–Trinajstić information content (AvgIpc) is 2.54. The second kappa shape index (κ2) is 8.64. The molecular weight excluding hydrogens is 268 g/mol. The van der Waals surface area contributed by atoms with Crippen molar-refractivity contribution in [2.45, 2.75) is 32.4 Å². The van der Waals surface area contributed by atoms with Gasteiger partial charge >= 0.3 is 0 Å². The number of nitrogens with one attached hydrogen (secondary N) is 2. The molecule has 5 heteroatoms. The van der Waals surface area contributed by atoms with Crippen LogP contribution in [0.2, 0.25) is 0 Å². The third-order valence-corrected chi connectivity index (χ3v) is 3.35. The van der Waals surface area contributed by atoms with E-state index in [9.17, 15) is 4.79 Å². The zero-order chi connectivity index (χ0) is 14.9. The van der Waals surface area contributed by atoms with Crippen molar-refractivity contribution in [1.29, 1.82) is 0 Å². The molecule has 0 aliphatic carbocycles. The normalized spacial score (nSPS) is 18.2. The minimum atomic E-state index is -0.386. The van der Waals surface area contributed by atoms with Crippen LogP contribution >= 0.6 is 0 Å². The van der Waals surface area contributed by atoms with Gasteiger partial charge in [-0.25, -0.2) is 0 Å². The Bertz CT molecular complexity index is 445. The lowest BCUT2D eigenvalue weighted by Gasteiger charge is -2.22. The SMILES string of the molecule is CCCCOc1cccc(CNC(=O)C2CNCCO2)c1. The molecule has 1 atom stereocenters. The maximum atomic E-state index is 12.0. The van der Waals surface area contributed by atoms with Gasteiger partial charge in [-0.2, -0.15) is 0 Å². The first-order valence-electron chi connectivity index (χ1n) is 7.61. The summed E-state index contributed by atoms with van der Waals surface area (Å²) in [6, 6.07) is 7.83. The van der Waals surface area contributed by atoms with Gasteiger partial charge in [0, 0.05) is 19.6 Å². The Morgan fingerprint density at radius 3 is 3.19 bits per heavy atom. The number of carbonyl (C=O) groups is 1. The molecule has 5 nitrogen and oxygen atoms in total. The summed E-state index contributed by atoms with van der Waals surface area (Å²) in [6.45, 7) is 5.32. The van der Waals surface area contributed by atoms with Crippen LogP contribution in [0, 0.1) is 0 Å². The van der Waals surface area contributed by atoms with Crippen molar-refractivity contribution in [3.05, 3.63) is 29.8 Å². The van der Waals surface area contributed by atoms with E-state index < -0.39 is 0 Å². The van der Waals surface area contributed by atoms with E-state index in [1.807, 2.05) is 24.3 Å². The highest BCUT2D eigenvalue weighted by Gasteiger charge is 2.21. The van der Waals surface area contributed by atoms with E-state index >= 15 is 0 Å². The van der Waals surface area contributed by atoms with E-state index in [0.29, 0.717) is 19.7 Å². The highest BCUT2D eigenvalue weighted by Crippen LogP contribution is 2.13. The van der Waals surface area contributed by atoms with Gasteiger partial charge in [0.2, 0.25) is 0 Å². The molecule has 1 fully saturated rings. The molecule has 1 aliphatic rings. The smallest absolute Gasteiger partial charge is 0.250 e. The van der Waals surface area contributed by atoms with Crippen molar-refractivity contribution in [3.8, 4) is 5.75 Å². The van der Waals surface area contributed by atoms with Crippen LogP contribution in [0.3, 0.4) is 0 Å². The van der Waals surface area contributed by atoms with Crippen LogP contribution in [0.4, 0.5) is 0 Å². The number of amides is 1. The van der Waals surface area contributed by atoms with Crippen molar-refractivity contribution in [3.63, 3.8) is 0 Å². The third-order valence-electron chi connectivity index (χ3n) is 3.35. The quantitative estimate of drug-likeness (QED) is 0.747. The Hall–Kier alpha value is -1.59. The Balaban J connectivity index is 1.79. The van der Waals surface area contributed by atoms with Gasteiger partial charge in [0.15, 0.2) is 0 Å². The number of benzene rings is 1. The molecule has 1 aliphatic heterocycles. The molecule has 0 aromatic heterocycles. The predicted octanol–water partition coefficient (Wildman–Crippen LogP) is 1.47. The van der Waals surface area contributed by atoms with Gasteiger partial charge in [0.05, 0.1) is 13.2 Å². The first-order chi connectivity index (χ1) is 10.3. The van der Waals surface area contributed by atoms with E-state index in [1.165, 1.54) is 0 Å². The minimum absolute atomic E-state index is 0.0699. The second-order valence-electron chi connectivity index (χ2n) is 5.13. The van der Waals surface area contributed by atoms with Gasteiger partial charge < -0.3 is 20.1 Å². The Morgan fingerprint density at radius 1 is 1.52 bits per heavy atom. The molecule has 0 bridgehead atoms. The van der Waals surface area contributed by atoms with E-state index in [1.54, 1.807) is 0 Å². The number of carbonyl (C=O) groups excluding carboxylic acids is 1. The predicted molar refractivity (Wildman–Crippen MR) is 81.3 cm³/mol. The van der Waals surface area contributed by atoms with Crippen molar-refractivity contribution < 1.29 is 14.3 Å². The number of ether oxygens (including phenoxy) is 2. The molecule has 0 radical (unpaired) electrons. The van der Waals surface area contributed by atoms with E-state index in [4.69, 9.17) is 9.47 Å². The molecule has 0 spiro atoms. The summed E-state index contributed by atoms with van der Waals surface area (Å²) in [4.78, 5) is 12.0. The monoisotopic (exact) mass is 292 g/mol. The highest BCUT2D eigenvalue weighted by molar-refractivity contribution is 5.81. The summed E-state index contributed by atoms with van der Waals surface area (Å²) in [5.41, 5.74) is 1.03. The van der Waals surface area contributed by atoms with Gasteiger partial charge in [-0.15, -0.1) is 0 Å². The fraction of sp³-hybridized carbons (Fsp3) is 0.562. The highest BCUT2D eigenvalue weighted by atomic mass is 16.5. The van der Waals surface area contributed by atoms with Gasteiger partial charge in [-0.1, -0.05) is 25.5 Å². The fourth-order valence-corrected chi connectivity index (χ4v) is 2.12. The average molecular weight is 292 g/mol. The van der Waals surface area contributed by atoms with E-state index in [-0.39, 0.29) is 12.0 Å². The van der Waals surface area contributed by atoms with Crippen LogP contribution in [0.1, 0.15) is 25.3 Å². The molecule has 2 N–H and O–H groups in total. The van der Waals surface area contributed by atoms with Crippen molar-refractivity contribution >= 4 is 5.91 Å². The van der Waals surface area contributed by atoms with Gasteiger partial charge in [-0.05, 0) is 24.1 Å². The Kier molecular flexibility index (Phi) is 6.50. The molecule has 1 aromatic rings. The molecule has 1 aromatic carbocycles. The topological polar surface area (TPSA) is 59.6 Å². The van der Waals surface area contributed by atoms with E-state index in [2.05, 4.69) is 17.6 Å². The zero-order valence-electron chi connectivity index (χ0n) is 12.6. The zero-order valence-corrected chi connectivity index (χ0v) is 12.6. The summed E-state index contributed by atoms with van der Waals surface area (Å²) < 4.78 is 11.1. The fourth-order valence-electron chi connectivity index (χ4n) is 2.12. The second-order valence-corrected chi connectivity index (χ2v) is 5.13. The summed E-state index contributed by atoms with van der Waals surface area (Å²) in [7, 11) is 0. The standard InChI is InChI=1S/C16H24N2O3/c1-2-3-8-20-14-6-4-5-13(10-14)11-18-16(19)15-12-17-7-9-21-15/h4-6,10,15,17H,2-3,7-9,11-12H2,1H3,(H,18,19). The summed E-state index contributed by atoms with van der Waals surface area (Å²) in [5.74, 6) is 0.783. The molecule has 1 heterocycles. The first kappa shape index (κ1) is 15.8. The molecule has 116 valence electrons. The number of rotatable bonds is 7. The lowest BCUT2D eigenvalue weighted by atomic mass is 10.2. The van der Waals surface area contributed by atoms with Crippen molar-refractivity contribution in [2.24, 2.45) is 0 Å². The van der Waals surface area contributed by atoms with E-state index in [0.717, 1.165) is 37.3 Å². The summed E-state index contributed by atoms with van der Waals surface area (Å²) >= 11 is 0. The molecule has 1 unspecified atom stereocenters. The van der Waals surface area contributed by atoms with Crippen LogP contribution in [0.5, 0.6) is 5.75 Å². The van der Waals surface area contributed by atoms with Crippen LogP contribution in [-0.2, 0) is 16.1 Å². The van der Waals surface area contributed by atoms with Crippen molar-refractivity contribution in [1.82, 2.24) is 10.6 Å². The summed E-state index contributed by atoms with van der Waals surface area (Å²) in [5, 5.41) is 6.05. The maximum Gasteiger partial charge on any atom is 0.250 e. The third kappa shape index (κ3) is 5.36. The van der Waals surface area contributed by atoms with Gasteiger partial charge in [0.25, 0.3) is 5.91 Å². The molecular formula is C16H24N2O3.